The van der Waals surface area contributed by atoms with Gasteiger partial charge in [0.2, 0.25) is 0 Å². The van der Waals surface area contributed by atoms with Crippen molar-refractivity contribution in [1.82, 2.24) is 9.78 Å². The van der Waals surface area contributed by atoms with Gasteiger partial charge in [0.05, 0.1) is 30.1 Å². The number of hydrogen-bond donors (Lipinski definition) is 1. The van der Waals surface area contributed by atoms with Crippen LogP contribution in [0.2, 0.25) is 0 Å². The van der Waals surface area contributed by atoms with Gasteiger partial charge in [0.15, 0.2) is 0 Å². The zero-order valence-electron chi connectivity index (χ0n) is 17.5. The minimum Gasteiger partial charge on any atom is -0.497 e. The van der Waals surface area contributed by atoms with Gasteiger partial charge in [-0.3, -0.25) is 4.79 Å². The molecule has 0 radical (unpaired) electrons. The molecule has 4 rings (SSSR count). The fraction of sp³-hybridized carbons (Fsp3) is 0.154. The number of carboxylic acid groups (broad SMARTS) is 1. The number of ether oxygens (including phenoxy) is 1. The van der Waals surface area contributed by atoms with Gasteiger partial charge in [-0.05, 0) is 42.8 Å². The summed E-state index contributed by atoms with van der Waals surface area (Å²) in [6.07, 6.45) is 0.307. The van der Waals surface area contributed by atoms with E-state index in [4.69, 9.17) is 9.84 Å². The molecule has 1 heterocycles. The van der Waals surface area contributed by atoms with E-state index in [1.165, 1.54) is 5.56 Å². The Morgan fingerprint density at radius 2 is 1.68 bits per heavy atom. The average Bonchev–Trinajstić information content (AvgIpc) is 3.22. The minimum atomic E-state index is -0.859. The number of hydrogen-bond acceptors (Lipinski definition) is 3. The second-order valence-corrected chi connectivity index (χ2v) is 7.50. The lowest BCUT2D eigenvalue weighted by atomic mass is 9.94. The largest absolute Gasteiger partial charge is 0.497 e. The van der Waals surface area contributed by atoms with Crippen molar-refractivity contribution >= 4 is 5.97 Å². The third kappa shape index (κ3) is 4.51. The lowest BCUT2D eigenvalue weighted by Crippen LogP contribution is -2.14. The van der Waals surface area contributed by atoms with Gasteiger partial charge >= 0.3 is 5.97 Å². The average molecular weight is 412 g/mol. The summed E-state index contributed by atoms with van der Waals surface area (Å²) in [7, 11) is 1.63. The van der Waals surface area contributed by atoms with Gasteiger partial charge in [0, 0.05) is 12.0 Å². The smallest absolute Gasteiger partial charge is 0.311 e. The van der Waals surface area contributed by atoms with Crippen LogP contribution in [0.25, 0.3) is 16.9 Å². The lowest BCUT2D eigenvalue weighted by Gasteiger charge is -2.11. The van der Waals surface area contributed by atoms with E-state index >= 15 is 0 Å². The molecule has 1 aromatic heterocycles. The molecule has 0 aliphatic carbocycles. The van der Waals surface area contributed by atoms with Gasteiger partial charge in [-0.15, -0.1) is 0 Å². The van der Waals surface area contributed by atoms with Gasteiger partial charge in [-0.25, -0.2) is 4.68 Å². The first kappa shape index (κ1) is 20.4. The lowest BCUT2D eigenvalue weighted by molar-refractivity contribution is -0.138. The Kier molecular flexibility index (Phi) is 5.85. The van der Waals surface area contributed by atoms with Crippen molar-refractivity contribution in [2.24, 2.45) is 0 Å². The highest BCUT2D eigenvalue weighted by Crippen LogP contribution is 2.28. The highest BCUT2D eigenvalue weighted by Gasteiger charge is 2.23. The molecular formula is C26H24N2O3. The van der Waals surface area contributed by atoms with Crippen molar-refractivity contribution in [2.75, 3.05) is 7.11 Å². The Bertz CT molecular complexity index is 1160. The first-order chi connectivity index (χ1) is 15.0. The first-order valence-electron chi connectivity index (χ1n) is 10.1. The van der Waals surface area contributed by atoms with Crippen LogP contribution in [-0.2, 0) is 11.2 Å². The van der Waals surface area contributed by atoms with Gasteiger partial charge in [-0.1, -0.05) is 60.2 Å². The van der Waals surface area contributed by atoms with Crippen LogP contribution in [0.3, 0.4) is 0 Å². The van der Waals surface area contributed by atoms with Crippen molar-refractivity contribution in [3.63, 3.8) is 0 Å². The van der Waals surface area contributed by atoms with Crippen LogP contribution < -0.4 is 4.74 Å². The zero-order chi connectivity index (χ0) is 21.8. The molecule has 5 heteroatoms. The molecule has 0 spiro atoms. The molecule has 0 aliphatic heterocycles. The van der Waals surface area contributed by atoms with Gasteiger partial charge in [0.25, 0.3) is 0 Å². The normalized spacial score (nSPS) is 11.8. The molecule has 0 fully saturated rings. The highest BCUT2D eigenvalue weighted by molar-refractivity contribution is 5.76. The fourth-order valence-electron chi connectivity index (χ4n) is 3.62. The number of aliphatic carboxylic acids is 1. The maximum absolute atomic E-state index is 12.0. The number of methoxy groups -OCH3 is 1. The minimum absolute atomic E-state index is 0.307. The Balaban J connectivity index is 1.76. The van der Waals surface area contributed by atoms with Crippen LogP contribution in [0.1, 0.15) is 22.7 Å². The van der Waals surface area contributed by atoms with E-state index in [1.54, 1.807) is 7.11 Å². The predicted molar refractivity (Wildman–Crippen MR) is 121 cm³/mol. The van der Waals surface area contributed by atoms with E-state index in [0.29, 0.717) is 6.42 Å². The van der Waals surface area contributed by atoms with Gasteiger partial charge in [0.1, 0.15) is 5.75 Å². The van der Waals surface area contributed by atoms with Gasteiger partial charge < -0.3 is 9.84 Å². The molecule has 0 amide bonds. The maximum Gasteiger partial charge on any atom is 0.311 e. The Morgan fingerprint density at radius 3 is 2.29 bits per heavy atom. The van der Waals surface area contributed by atoms with Gasteiger partial charge in [-0.2, -0.15) is 5.10 Å². The summed E-state index contributed by atoms with van der Waals surface area (Å²) in [6.45, 7) is 2.05. The Hall–Kier alpha value is -3.86. The molecule has 0 aliphatic rings. The van der Waals surface area contributed by atoms with Crippen molar-refractivity contribution in [3.05, 3.63) is 102 Å². The van der Waals surface area contributed by atoms with Crippen LogP contribution in [0, 0.1) is 6.92 Å². The molecule has 0 saturated carbocycles. The molecule has 31 heavy (non-hydrogen) atoms. The molecule has 3 aromatic carbocycles. The van der Waals surface area contributed by atoms with Crippen molar-refractivity contribution in [3.8, 4) is 22.7 Å². The standard InChI is InChI=1S/C26H24N2O3/c1-18-8-10-20(11-9-18)25-17-21(16-24(26(29)30)19-6-4-3-5-7-19)27-28(25)22-12-14-23(31-2)15-13-22/h3-15,17,24H,16H2,1-2H3,(H,29,30). The molecule has 1 atom stereocenters. The number of nitrogens with zero attached hydrogens (tertiary/aromatic N) is 2. The molecule has 0 bridgehead atoms. The van der Waals surface area contributed by atoms with Crippen LogP contribution in [0.5, 0.6) is 5.75 Å². The molecular weight excluding hydrogens is 388 g/mol. The van der Waals surface area contributed by atoms with Crippen molar-refractivity contribution < 1.29 is 14.6 Å². The third-order valence-electron chi connectivity index (χ3n) is 5.34. The highest BCUT2D eigenvalue weighted by atomic mass is 16.5. The molecule has 4 aromatic rings. The van der Waals surface area contributed by atoms with Crippen LogP contribution >= 0.6 is 0 Å². The summed E-state index contributed by atoms with van der Waals surface area (Å²) in [6, 6.07) is 27.2. The second kappa shape index (κ2) is 8.88. The molecule has 156 valence electrons. The van der Waals surface area contributed by atoms with E-state index in [2.05, 4.69) is 24.3 Å². The number of benzene rings is 3. The molecule has 0 saturated heterocycles. The number of rotatable bonds is 7. The summed E-state index contributed by atoms with van der Waals surface area (Å²) in [5, 5.41) is 14.6. The monoisotopic (exact) mass is 412 g/mol. The SMILES string of the molecule is COc1ccc(-n2nc(CC(C(=O)O)c3ccccc3)cc2-c2ccc(C)cc2)cc1. The number of aromatic nitrogens is 2. The number of carbonyl (C=O) groups is 1. The summed E-state index contributed by atoms with van der Waals surface area (Å²) >= 11 is 0. The maximum atomic E-state index is 12.0. The van der Waals surface area contributed by atoms with Crippen LogP contribution in [0.4, 0.5) is 0 Å². The Morgan fingerprint density at radius 1 is 1.00 bits per heavy atom. The molecule has 1 unspecified atom stereocenters. The Labute approximate surface area is 181 Å². The fourth-order valence-corrected chi connectivity index (χ4v) is 3.62. The van der Waals surface area contributed by atoms with Crippen molar-refractivity contribution in [2.45, 2.75) is 19.3 Å². The molecule has 5 nitrogen and oxygen atoms in total. The summed E-state index contributed by atoms with van der Waals surface area (Å²) in [5.74, 6) is -0.753. The van der Waals surface area contributed by atoms with E-state index in [9.17, 15) is 9.90 Å². The van der Waals surface area contributed by atoms with E-state index < -0.39 is 11.9 Å². The summed E-state index contributed by atoms with van der Waals surface area (Å²) in [4.78, 5) is 12.0. The summed E-state index contributed by atoms with van der Waals surface area (Å²) < 4.78 is 7.14. The van der Waals surface area contributed by atoms with Crippen molar-refractivity contribution in [1.29, 1.82) is 0 Å². The van der Waals surface area contributed by atoms with E-state index in [1.807, 2.05) is 72.3 Å². The predicted octanol–water partition coefficient (Wildman–Crippen LogP) is 5.27. The van der Waals surface area contributed by atoms with E-state index in [0.717, 1.165) is 34.0 Å². The van der Waals surface area contributed by atoms with Crippen LogP contribution in [0.15, 0.2) is 84.9 Å². The third-order valence-corrected chi connectivity index (χ3v) is 5.34. The first-order valence-corrected chi connectivity index (χ1v) is 10.1. The summed E-state index contributed by atoms with van der Waals surface area (Å²) in [5.41, 5.74) is 5.49. The topological polar surface area (TPSA) is 64.4 Å². The quantitative estimate of drug-likeness (QED) is 0.449. The number of carboxylic acids is 1. The van der Waals surface area contributed by atoms with Crippen LogP contribution in [-0.4, -0.2) is 28.0 Å². The number of aryl methyl sites for hydroxylation is 1. The van der Waals surface area contributed by atoms with E-state index in [-0.39, 0.29) is 0 Å². The molecule has 1 N–H and O–H groups in total. The zero-order valence-corrected chi connectivity index (χ0v) is 17.5. The second-order valence-electron chi connectivity index (χ2n) is 7.50.